The molecule has 0 radical (unpaired) electrons. The quantitative estimate of drug-likeness (QED) is 0.907. The fourth-order valence-electron chi connectivity index (χ4n) is 1.93. The number of ketones is 1. The highest BCUT2D eigenvalue weighted by Crippen LogP contribution is 2.37. The Morgan fingerprint density at radius 3 is 2.50 bits per heavy atom. The van der Waals surface area contributed by atoms with E-state index in [0.29, 0.717) is 12.8 Å². The van der Waals surface area contributed by atoms with Gasteiger partial charge in [-0.05, 0) is 30.5 Å². The molecule has 18 heavy (non-hydrogen) atoms. The van der Waals surface area contributed by atoms with Crippen LogP contribution in [0.2, 0.25) is 0 Å². The summed E-state index contributed by atoms with van der Waals surface area (Å²) in [6.07, 6.45) is 1.35. The third-order valence-electron chi connectivity index (χ3n) is 2.98. The summed E-state index contributed by atoms with van der Waals surface area (Å²) in [5.74, 6) is 0.619. The second-order valence-electron chi connectivity index (χ2n) is 4.15. The number of hydrogen-bond acceptors (Lipinski definition) is 4. The van der Waals surface area contributed by atoms with E-state index in [1.54, 1.807) is 7.11 Å². The zero-order valence-electron chi connectivity index (χ0n) is 10.5. The van der Waals surface area contributed by atoms with Crippen LogP contribution in [0, 0.1) is 0 Å². The number of carbonyl (C=O) groups excluding carboxylic acids is 1. The van der Waals surface area contributed by atoms with Gasteiger partial charge in [0, 0.05) is 4.91 Å². The van der Waals surface area contributed by atoms with Crippen molar-refractivity contribution in [3.05, 3.63) is 40.5 Å². The summed E-state index contributed by atoms with van der Waals surface area (Å²) in [7, 11) is 1.63. The molecule has 1 aliphatic rings. The van der Waals surface area contributed by atoms with E-state index >= 15 is 0 Å². The molecule has 1 aliphatic heterocycles. The first kappa shape index (κ1) is 13.0. The molecule has 0 amide bonds. The molecule has 1 unspecified atom stereocenters. The highest BCUT2D eigenvalue weighted by atomic mass is 32.2. The third-order valence-corrected chi connectivity index (χ3v) is 4.41. The number of methoxy groups -OCH3 is 1. The lowest BCUT2D eigenvalue weighted by Crippen LogP contribution is -2.16. The molecule has 3 nitrogen and oxygen atoms in total. The molecule has 0 bridgehead atoms. The lowest BCUT2D eigenvalue weighted by Gasteiger charge is -2.08. The van der Waals surface area contributed by atoms with E-state index in [2.05, 4.69) is 0 Å². The van der Waals surface area contributed by atoms with Gasteiger partial charge >= 0.3 is 0 Å². The van der Waals surface area contributed by atoms with Crippen molar-refractivity contribution in [2.24, 2.45) is 0 Å². The Hall–Kier alpha value is -1.42. The van der Waals surface area contributed by atoms with Gasteiger partial charge in [-0.15, -0.1) is 11.8 Å². The Balaban J connectivity index is 2.05. The fraction of sp³-hybridized carbons (Fsp3) is 0.357. The van der Waals surface area contributed by atoms with Gasteiger partial charge in [-0.2, -0.15) is 0 Å². The number of rotatable bonds is 4. The maximum absolute atomic E-state index is 11.8. The maximum Gasteiger partial charge on any atom is 0.211 e. The fourth-order valence-corrected chi connectivity index (χ4v) is 3.15. The Kier molecular flexibility index (Phi) is 3.97. The molecule has 0 fully saturated rings. The first-order valence-electron chi connectivity index (χ1n) is 5.91. The average Bonchev–Trinajstić information content (AvgIpc) is 2.67. The number of aliphatic hydroxyl groups excluding tert-OH is 1. The van der Waals surface area contributed by atoms with Crippen molar-refractivity contribution in [3.63, 3.8) is 0 Å². The van der Waals surface area contributed by atoms with Crippen molar-refractivity contribution in [2.75, 3.05) is 7.11 Å². The van der Waals surface area contributed by atoms with Gasteiger partial charge in [-0.25, -0.2) is 0 Å². The Labute approximate surface area is 111 Å². The summed E-state index contributed by atoms with van der Waals surface area (Å²) >= 11 is 1.48. The first-order chi connectivity index (χ1) is 8.65. The van der Waals surface area contributed by atoms with Crippen LogP contribution in [-0.4, -0.2) is 23.2 Å². The average molecular weight is 264 g/mol. The van der Waals surface area contributed by atoms with E-state index < -0.39 is 0 Å². The van der Waals surface area contributed by atoms with E-state index in [0.717, 1.165) is 16.2 Å². The number of benzene rings is 1. The number of thioether (sulfide) groups is 1. The Bertz CT molecular complexity index is 476. The first-order valence-corrected chi connectivity index (χ1v) is 6.79. The highest BCUT2D eigenvalue weighted by Gasteiger charge is 2.32. The van der Waals surface area contributed by atoms with Gasteiger partial charge in [0.15, 0.2) is 5.76 Å². The molecular weight excluding hydrogens is 248 g/mol. The van der Waals surface area contributed by atoms with Crippen LogP contribution in [0.1, 0.15) is 18.9 Å². The number of aliphatic hydroxyl groups is 1. The van der Waals surface area contributed by atoms with Crippen molar-refractivity contribution >= 4 is 17.5 Å². The van der Waals surface area contributed by atoms with E-state index in [1.165, 1.54) is 11.8 Å². The summed E-state index contributed by atoms with van der Waals surface area (Å²) in [5.41, 5.74) is 1.08. The van der Waals surface area contributed by atoms with Crippen molar-refractivity contribution in [1.29, 1.82) is 0 Å². The van der Waals surface area contributed by atoms with Crippen LogP contribution in [0.3, 0.4) is 0 Å². The summed E-state index contributed by atoms with van der Waals surface area (Å²) < 4.78 is 5.09. The molecule has 0 saturated heterocycles. The second-order valence-corrected chi connectivity index (χ2v) is 5.45. The molecule has 1 atom stereocenters. The van der Waals surface area contributed by atoms with Gasteiger partial charge in [0.2, 0.25) is 5.78 Å². The van der Waals surface area contributed by atoms with Gasteiger partial charge in [-0.3, -0.25) is 4.79 Å². The van der Waals surface area contributed by atoms with Crippen molar-refractivity contribution in [1.82, 2.24) is 0 Å². The monoisotopic (exact) mass is 264 g/mol. The van der Waals surface area contributed by atoms with Gasteiger partial charge in [0.1, 0.15) is 5.75 Å². The Morgan fingerprint density at radius 1 is 1.33 bits per heavy atom. The van der Waals surface area contributed by atoms with Crippen LogP contribution in [0.5, 0.6) is 5.75 Å². The van der Waals surface area contributed by atoms with Crippen molar-refractivity contribution < 1.29 is 14.6 Å². The topological polar surface area (TPSA) is 46.5 Å². The van der Waals surface area contributed by atoms with Crippen molar-refractivity contribution in [3.8, 4) is 5.75 Å². The molecule has 1 aromatic rings. The normalized spacial score (nSPS) is 19.4. The minimum Gasteiger partial charge on any atom is -0.504 e. The van der Waals surface area contributed by atoms with Crippen LogP contribution in [0.15, 0.2) is 34.9 Å². The van der Waals surface area contributed by atoms with E-state index in [9.17, 15) is 9.90 Å². The van der Waals surface area contributed by atoms with Crippen LogP contribution in [0.4, 0.5) is 0 Å². The molecular formula is C14H16O3S. The smallest absolute Gasteiger partial charge is 0.211 e. The summed E-state index contributed by atoms with van der Waals surface area (Å²) in [5, 5.41) is 9.49. The van der Waals surface area contributed by atoms with Crippen LogP contribution < -0.4 is 4.74 Å². The third kappa shape index (κ3) is 2.53. The number of ether oxygens (including phenoxy) is 1. The van der Waals surface area contributed by atoms with Crippen LogP contribution in [-0.2, 0) is 11.2 Å². The molecule has 2 rings (SSSR count). The molecule has 0 spiro atoms. The molecule has 96 valence electrons. The molecule has 1 aromatic carbocycles. The SMILES string of the molecule is CCC1=C(O)C(=O)C(Cc2ccc(OC)cc2)S1. The Morgan fingerprint density at radius 2 is 2.00 bits per heavy atom. The van der Waals surface area contributed by atoms with Gasteiger partial charge in [-0.1, -0.05) is 19.1 Å². The van der Waals surface area contributed by atoms with Crippen molar-refractivity contribution in [2.45, 2.75) is 25.0 Å². The summed E-state index contributed by atoms with van der Waals surface area (Å²) in [6.45, 7) is 1.95. The van der Waals surface area contributed by atoms with Gasteiger partial charge in [0.05, 0.1) is 12.4 Å². The zero-order valence-corrected chi connectivity index (χ0v) is 11.3. The number of Topliss-reactive ketones (excluding diaryl/α,β-unsaturated/α-hetero) is 1. The number of hydrogen-bond donors (Lipinski definition) is 1. The summed E-state index contributed by atoms with van der Waals surface area (Å²) in [6, 6.07) is 7.67. The van der Waals surface area contributed by atoms with Crippen LogP contribution in [0.25, 0.3) is 0 Å². The number of carbonyl (C=O) groups is 1. The highest BCUT2D eigenvalue weighted by molar-refractivity contribution is 8.04. The van der Waals surface area contributed by atoms with Gasteiger partial charge in [0.25, 0.3) is 0 Å². The molecule has 1 heterocycles. The molecule has 4 heteroatoms. The van der Waals surface area contributed by atoms with Crippen LogP contribution >= 0.6 is 11.8 Å². The minimum atomic E-state index is -0.187. The van der Waals surface area contributed by atoms with Gasteiger partial charge < -0.3 is 9.84 Å². The zero-order chi connectivity index (χ0) is 13.1. The predicted octanol–water partition coefficient (Wildman–Crippen LogP) is 3.10. The predicted molar refractivity (Wildman–Crippen MR) is 73.0 cm³/mol. The molecule has 1 N–H and O–H groups in total. The minimum absolute atomic E-state index is 0.0407. The molecule has 0 aromatic heterocycles. The number of allylic oxidation sites excluding steroid dienone is 2. The maximum atomic E-state index is 11.8. The van der Waals surface area contributed by atoms with E-state index in [-0.39, 0.29) is 16.8 Å². The molecule has 0 saturated carbocycles. The second kappa shape index (κ2) is 5.48. The standard InChI is InChI=1S/C14H16O3S/c1-3-11-13(15)14(16)12(18-11)8-9-4-6-10(17-2)7-5-9/h4-7,12,15H,3,8H2,1-2H3. The largest absolute Gasteiger partial charge is 0.504 e. The van der Waals surface area contributed by atoms with E-state index in [4.69, 9.17) is 4.74 Å². The summed E-state index contributed by atoms with van der Waals surface area (Å²) in [4.78, 5) is 12.7. The molecule has 0 aliphatic carbocycles. The lowest BCUT2D eigenvalue weighted by molar-refractivity contribution is -0.117. The lowest BCUT2D eigenvalue weighted by atomic mass is 10.1. The van der Waals surface area contributed by atoms with E-state index in [1.807, 2.05) is 31.2 Å².